The van der Waals surface area contributed by atoms with Crippen LogP contribution in [-0.4, -0.2) is 49.8 Å². The quantitative estimate of drug-likeness (QED) is 0.510. The second kappa shape index (κ2) is 7.63. The minimum absolute atomic E-state index is 0.106. The summed E-state index contributed by atoms with van der Waals surface area (Å²) in [5.74, 6) is -0.106. The summed E-state index contributed by atoms with van der Waals surface area (Å²) < 4.78 is 10.7. The number of nitrogens with zero attached hydrogens (tertiary/aromatic N) is 1. The molecule has 1 aliphatic heterocycles. The van der Waals surface area contributed by atoms with Crippen LogP contribution in [0, 0.1) is 0 Å². The van der Waals surface area contributed by atoms with Crippen LogP contribution in [0.4, 0.5) is 0 Å². The molecule has 1 fully saturated rings. The molecule has 0 radical (unpaired) electrons. The minimum atomic E-state index is -0.106. The lowest BCUT2D eigenvalue weighted by molar-refractivity contribution is -0.147. The topological polar surface area (TPSA) is 38.8 Å². The Kier molecular flexibility index (Phi) is 6.42. The summed E-state index contributed by atoms with van der Waals surface area (Å²) in [6, 6.07) is 0. The number of ether oxygens (including phenoxy) is 2. The standard InChI is InChI=1S/C12H23NO3/c1-3-5-7-16-12(14)10-13-6-8-15-11(4-2)9-13/h11H,3-10H2,1-2H3. The molecule has 1 aliphatic rings. The average Bonchev–Trinajstić information content (AvgIpc) is 2.29. The maximum Gasteiger partial charge on any atom is 0.320 e. The molecule has 1 atom stereocenters. The molecule has 0 aliphatic carbocycles. The Morgan fingerprint density at radius 3 is 3.00 bits per heavy atom. The number of esters is 1. The predicted octanol–water partition coefficient (Wildman–Crippen LogP) is 1.44. The molecular formula is C12H23NO3. The number of hydrogen-bond acceptors (Lipinski definition) is 4. The van der Waals surface area contributed by atoms with Gasteiger partial charge in [0.15, 0.2) is 0 Å². The van der Waals surface area contributed by atoms with Crippen LogP contribution in [0.1, 0.15) is 33.1 Å². The van der Waals surface area contributed by atoms with Gasteiger partial charge in [-0.25, -0.2) is 0 Å². The van der Waals surface area contributed by atoms with E-state index in [2.05, 4.69) is 18.7 Å². The van der Waals surface area contributed by atoms with Crippen LogP contribution in [0.2, 0.25) is 0 Å². The smallest absolute Gasteiger partial charge is 0.320 e. The molecule has 1 rings (SSSR count). The first-order valence-electron chi connectivity index (χ1n) is 6.25. The Bertz CT molecular complexity index is 208. The lowest BCUT2D eigenvalue weighted by Gasteiger charge is -2.31. The molecule has 0 aromatic rings. The summed E-state index contributed by atoms with van der Waals surface area (Å²) >= 11 is 0. The summed E-state index contributed by atoms with van der Waals surface area (Å²) in [5.41, 5.74) is 0. The van der Waals surface area contributed by atoms with Gasteiger partial charge in [-0.05, 0) is 12.8 Å². The Morgan fingerprint density at radius 1 is 1.50 bits per heavy atom. The van der Waals surface area contributed by atoms with Crippen molar-refractivity contribution in [3.05, 3.63) is 0 Å². The first kappa shape index (κ1) is 13.5. The molecule has 4 nitrogen and oxygen atoms in total. The van der Waals surface area contributed by atoms with Gasteiger partial charge in [-0.3, -0.25) is 9.69 Å². The van der Waals surface area contributed by atoms with E-state index >= 15 is 0 Å². The third-order valence-corrected chi connectivity index (χ3v) is 2.79. The highest BCUT2D eigenvalue weighted by Crippen LogP contribution is 2.07. The Hall–Kier alpha value is -0.610. The zero-order valence-electron chi connectivity index (χ0n) is 10.4. The van der Waals surface area contributed by atoms with Crippen LogP contribution < -0.4 is 0 Å². The second-order valence-corrected chi connectivity index (χ2v) is 4.21. The van der Waals surface area contributed by atoms with E-state index in [4.69, 9.17) is 9.47 Å². The lowest BCUT2D eigenvalue weighted by atomic mass is 10.2. The van der Waals surface area contributed by atoms with Crippen molar-refractivity contribution in [2.24, 2.45) is 0 Å². The van der Waals surface area contributed by atoms with Crippen LogP contribution in [0.25, 0.3) is 0 Å². The molecule has 0 aromatic carbocycles. The van der Waals surface area contributed by atoms with Crippen molar-refractivity contribution in [2.75, 3.05) is 32.8 Å². The second-order valence-electron chi connectivity index (χ2n) is 4.21. The third kappa shape index (κ3) is 4.94. The van der Waals surface area contributed by atoms with E-state index < -0.39 is 0 Å². The van der Waals surface area contributed by atoms with Gasteiger partial charge in [-0.1, -0.05) is 20.3 Å². The number of morpholine rings is 1. The molecule has 94 valence electrons. The molecular weight excluding hydrogens is 206 g/mol. The van der Waals surface area contributed by atoms with E-state index in [9.17, 15) is 4.79 Å². The Balaban J connectivity index is 2.17. The number of carbonyl (C=O) groups excluding carboxylic acids is 1. The van der Waals surface area contributed by atoms with Gasteiger partial charge in [-0.15, -0.1) is 0 Å². The summed E-state index contributed by atoms with van der Waals surface area (Å²) in [6.45, 7) is 7.55. The van der Waals surface area contributed by atoms with Crippen molar-refractivity contribution in [2.45, 2.75) is 39.2 Å². The van der Waals surface area contributed by atoms with E-state index in [0.29, 0.717) is 13.2 Å². The van der Waals surface area contributed by atoms with Crippen molar-refractivity contribution in [3.8, 4) is 0 Å². The molecule has 0 N–H and O–H groups in total. The molecule has 0 saturated carbocycles. The van der Waals surface area contributed by atoms with E-state index in [-0.39, 0.29) is 12.1 Å². The van der Waals surface area contributed by atoms with Gasteiger partial charge in [0.25, 0.3) is 0 Å². The predicted molar refractivity (Wildman–Crippen MR) is 62.3 cm³/mol. The molecule has 1 unspecified atom stereocenters. The molecule has 0 spiro atoms. The van der Waals surface area contributed by atoms with Crippen molar-refractivity contribution in [1.29, 1.82) is 0 Å². The summed E-state index contributed by atoms with van der Waals surface area (Å²) in [5, 5.41) is 0. The Labute approximate surface area is 97.9 Å². The van der Waals surface area contributed by atoms with E-state index in [0.717, 1.165) is 39.0 Å². The van der Waals surface area contributed by atoms with Crippen LogP contribution >= 0.6 is 0 Å². The fourth-order valence-electron chi connectivity index (χ4n) is 1.73. The summed E-state index contributed by atoms with van der Waals surface area (Å²) in [4.78, 5) is 13.6. The minimum Gasteiger partial charge on any atom is -0.465 e. The van der Waals surface area contributed by atoms with Crippen molar-refractivity contribution >= 4 is 5.97 Å². The highest BCUT2D eigenvalue weighted by atomic mass is 16.5. The molecule has 4 heteroatoms. The maximum atomic E-state index is 11.5. The van der Waals surface area contributed by atoms with Gasteiger partial charge >= 0.3 is 5.97 Å². The summed E-state index contributed by atoms with van der Waals surface area (Å²) in [7, 11) is 0. The first-order valence-corrected chi connectivity index (χ1v) is 6.25. The number of hydrogen-bond donors (Lipinski definition) is 0. The normalized spacial score (nSPS) is 22.0. The SMILES string of the molecule is CCCCOC(=O)CN1CCOC(CC)C1. The third-order valence-electron chi connectivity index (χ3n) is 2.79. The monoisotopic (exact) mass is 229 g/mol. The highest BCUT2D eigenvalue weighted by molar-refractivity contribution is 5.71. The molecule has 16 heavy (non-hydrogen) atoms. The number of rotatable bonds is 6. The Morgan fingerprint density at radius 2 is 2.31 bits per heavy atom. The zero-order chi connectivity index (χ0) is 11.8. The van der Waals surface area contributed by atoms with Crippen LogP contribution in [0.3, 0.4) is 0 Å². The van der Waals surface area contributed by atoms with Gasteiger partial charge in [0.1, 0.15) is 0 Å². The first-order chi connectivity index (χ1) is 7.76. The van der Waals surface area contributed by atoms with Gasteiger partial charge in [0, 0.05) is 13.1 Å². The van der Waals surface area contributed by atoms with Crippen molar-refractivity contribution < 1.29 is 14.3 Å². The van der Waals surface area contributed by atoms with E-state index in [1.807, 2.05) is 0 Å². The molecule has 0 bridgehead atoms. The van der Waals surface area contributed by atoms with Gasteiger partial charge in [0.05, 0.1) is 25.9 Å². The number of carbonyl (C=O) groups is 1. The fourth-order valence-corrected chi connectivity index (χ4v) is 1.73. The lowest BCUT2D eigenvalue weighted by Crippen LogP contribution is -2.44. The average molecular weight is 229 g/mol. The molecule has 1 saturated heterocycles. The van der Waals surface area contributed by atoms with Crippen LogP contribution in [-0.2, 0) is 14.3 Å². The molecule has 0 amide bonds. The van der Waals surface area contributed by atoms with Gasteiger partial charge in [-0.2, -0.15) is 0 Å². The maximum absolute atomic E-state index is 11.5. The highest BCUT2D eigenvalue weighted by Gasteiger charge is 2.21. The summed E-state index contributed by atoms with van der Waals surface area (Å²) in [6.07, 6.45) is 3.29. The largest absolute Gasteiger partial charge is 0.465 e. The van der Waals surface area contributed by atoms with E-state index in [1.54, 1.807) is 0 Å². The molecule has 1 heterocycles. The van der Waals surface area contributed by atoms with E-state index in [1.165, 1.54) is 0 Å². The van der Waals surface area contributed by atoms with Gasteiger partial charge in [0.2, 0.25) is 0 Å². The fraction of sp³-hybridized carbons (Fsp3) is 0.917. The number of unbranched alkanes of at least 4 members (excludes halogenated alkanes) is 1. The van der Waals surface area contributed by atoms with Gasteiger partial charge < -0.3 is 9.47 Å². The van der Waals surface area contributed by atoms with Crippen LogP contribution in [0.15, 0.2) is 0 Å². The van der Waals surface area contributed by atoms with Crippen molar-refractivity contribution in [3.63, 3.8) is 0 Å². The molecule has 0 aromatic heterocycles. The zero-order valence-corrected chi connectivity index (χ0v) is 10.4. The van der Waals surface area contributed by atoms with Crippen molar-refractivity contribution in [1.82, 2.24) is 4.90 Å². The van der Waals surface area contributed by atoms with Crippen LogP contribution in [0.5, 0.6) is 0 Å².